The zero-order valence-corrected chi connectivity index (χ0v) is 16.3. The number of nitrogens with zero attached hydrogens (tertiary/aromatic N) is 3. The summed E-state index contributed by atoms with van der Waals surface area (Å²) in [5, 5.41) is 4.09. The highest BCUT2D eigenvalue weighted by Gasteiger charge is 2.38. The molecule has 7 nitrogen and oxygen atoms in total. The number of hydrogen-bond donors (Lipinski definition) is 0. The molecule has 2 heterocycles. The third-order valence-electron chi connectivity index (χ3n) is 5.25. The molecule has 2 aliphatic rings. The van der Waals surface area contributed by atoms with Crippen LogP contribution < -0.4 is 9.64 Å². The minimum absolute atomic E-state index is 0.0823. The van der Waals surface area contributed by atoms with E-state index in [2.05, 4.69) is 5.16 Å². The molecule has 2 aromatic rings. The van der Waals surface area contributed by atoms with E-state index in [0.717, 1.165) is 12.8 Å². The summed E-state index contributed by atoms with van der Waals surface area (Å²) in [5.41, 5.74) is 0.907. The van der Waals surface area contributed by atoms with Crippen LogP contribution in [0.5, 0.6) is 5.75 Å². The van der Waals surface area contributed by atoms with Crippen molar-refractivity contribution in [3.63, 3.8) is 0 Å². The molecule has 0 bridgehead atoms. The molecule has 150 valence electrons. The Morgan fingerprint density at radius 3 is 2.82 bits per heavy atom. The smallest absolute Gasteiger partial charge is 0.261 e. The van der Waals surface area contributed by atoms with Crippen molar-refractivity contribution in [1.82, 2.24) is 10.1 Å². The molecule has 2 fully saturated rings. The Balaban J connectivity index is 1.70. The predicted octanol–water partition coefficient (Wildman–Crippen LogP) is 2.81. The molecule has 1 aliphatic heterocycles. The SMILES string of the molecule is COc1cc(-c2onc(N(C)C)c2C(=O)N2CCOC(C3CC3)C2)ccc1F. The maximum absolute atomic E-state index is 13.8. The highest BCUT2D eigenvalue weighted by molar-refractivity contribution is 6.04. The van der Waals surface area contributed by atoms with Gasteiger partial charge in [-0.15, -0.1) is 0 Å². The van der Waals surface area contributed by atoms with Gasteiger partial charge >= 0.3 is 0 Å². The summed E-state index contributed by atoms with van der Waals surface area (Å²) >= 11 is 0. The molecule has 0 radical (unpaired) electrons. The maximum atomic E-state index is 13.8. The zero-order chi connectivity index (χ0) is 19.8. The van der Waals surface area contributed by atoms with Crippen LogP contribution in [0.2, 0.25) is 0 Å². The van der Waals surface area contributed by atoms with Gasteiger partial charge in [-0.1, -0.05) is 5.16 Å². The predicted molar refractivity (Wildman–Crippen MR) is 101 cm³/mol. The van der Waals surface area contributed by atoms with Crippen LogP contribution in [0.25, 0.3) is 11.3 Å². The van der Waals surface area contributed by atoms with Crippen molar-refractivity contribution in [2.45, 2.75) is 18.9 Å². The first kappa shape index (κ1) is 18.7. The normalized spacial score (nSPS) is 19.6. The molecule has 1 aromatic carbocycles. The summed E-state index contributed by atoms with van der Waals surface area (Å²) in [6, 6.07) is 4.36. The van der Waals surface area contributed by atoms with Crippen molar-refractivity contribution >= 4 is 11.7 Å². The van der Waals surface area contributed by atoms with Crippen molar-refractivity contribution in [3.05, 3.63) is 29.6 Å². The Labute approximate surface area is 163 Å². The van der Waals surface area contributed by atoms with Gasteiger partial charge in [0.15, 0.2) is 23.1 Å². The third kappa shape index (κ3) is 3.44. The number of morpholine rings is 1. The van der Waals surface area contributed by atoms with E-state index in [1.54, 1.807) is 30.0 Å². The van der Waals surface area contributed by atoms with Gasteiger partial charge < -0.3 is 23.8 Å². The van der Waals surface area contributed by atoms with Crippen LogP contribution in [-0.2, 0) is 4.74 Å². The number of hydrogen-bond acceptors (Lipinski definition) is 6. The summed E-state index contributed by atoms with van der Waals surface area (Å²) in [6.07, 6.45) is 2.40. The number of anilines is 1. The van der Waals surface area contributed by atoms with Crippen LogP contribution in [0.4, 0.5) is 10.2 Å². The second-order valence-electron chi connectivity index (χ2n) is 7.45. The zero-order valence-electron chi connectivity index (χ0n) is 16.3. The molecule has 4 rings (SSSR count). The van der Waals surface area contributed by atoms with Gasteiger partial charge in [-0.25, -0.2) is 4.39 Å². The van der Waals surface area contributed by atoms with Gasteiger partial charge in [0, 0.05) is 32.7 Å². The largest absolute Gasteiger partial charge is 0.494 e. The Morgan fingerprint density at radius 1 is 1.36 bits per heavy atom. The topological polar surface area (TPSA) is 68.0 Å². The average Bonchev–Trinajstić information content (AvgIpc) is 3.46. The van der Waals surface area contributed by atoms with E-state index in [4.69, 9.17) is 14.0 Å². The summed E-state index contributed by atoms with van der Waals surface area (Å²) in [7, 11) is 5.00. The summed E-state index contributed by atoms with van der Waals surface area (Å²) < 4.78 is 30.3. The Morgan fingerprint density at radius 2 is 2.14 bits per heavy atom. The fraction of sp³-hybridized carbons (Fsp3) is 0.500. The first-order valence-corrected chi connectivity index (χ1v) is 9.41. The molecule has 1 saturated carbocycles. The summed E-state index contributed by atoms with van der Waals surface area (Å²) in [4.78, 5) is 17.0. The van der Waals surface area contributed by atoms with Gasteiger partial charge in [0.05, 0.1) is 19.8 Å². The molecule has 1 aliphatic carbocycles. The van der Waals surface area contributed by atoms with E-state index in [9.17, 15) is 9.18 Å². The first-order chi connectivity index (χ1) is 13.5. The fourth-order valence-corrected chi connectivity index (χ4v) is 3.55. The molecule has 1 saturated heterocycles. The Bertz CT molecular complexity index is 878. The van der Waals surface area contributed by atoms with Crippen LogP contribution in [-0.4, -0.2) is 63.0 Å². The van der Waals surface area contributed by atoms with Crippen LogP contribution in [0.3, 0.4) is 0 Å². The van der Waals surface area contributed by atoms with Crippen LogP contribution in [0, 0.1) is 11.7 Å². The molecule has 1 amide bonds. The Hall–Kier alpha value is -2.61. The molecule has 0 spiro atoms. The van der Waals surface area contributed by atoms with Gasteiger partial charge in [0.1, 0.15) is 5.56 Å². The van der Waals surface area contributed by atoms with E-state index < -0.39 is 5.82 Å². The van der Waals surface area contributed by atoms with Gasteiger partial charge in [0.2, 0.25) is 0 Å². The number of rotatable bonds is 5. The Kier molecular flexibility index (Phi) is 4.97. The highest BCUT2D eigenvalue weighted by Crippen LogP contribution is 2.37. The molecule has 1 aromatic heterocycles. The van der Waals surface area contributed by atoms with Crippen molar-refractivity contribution in [2.75, 3.05) is 45.8 Å². The number of ether oxygens (including phenoxy) is 2. The number of amides is 1. The third-order valence-corrected chi connectivity index (χ3v) is 5.25. The number of carbonyl (C=O) groups excluding carboxylic acids is 1. The lowest BCUT2D eigenvalue weighted by atomic mass is 10.1. The molecule has 1 atom stereocenters. The molecular formula is C20H24FN3O4. The number of halogens is 1. The summed E-state index contributed by atoms with van der Waals surface area (Å²) in [6.45, 7) is 1.61. The second kappa shape index (κ2) is 7.43. The quantitative estimate of drug-likeness (QED) is 0.783. The molecule has 1 unspecified atom stereocenters. The van der Waals surface area contributed by atoms with Gasteiger partial charge in [0.25, 0.3) is 5.91 Å². The van der Waals surface area contributed by atoms with Crippen LogP contribution >= 0.6 is 0 Å². The monoisotopic (exact) mass is 389 g/mol. The molecule has 8 heteroatoms. The second-order valence-corrected chi connectivity index (χ2v) is 7.45. The fourth-order valence-electron chi connectivity index (χ4n) is 3.55. The molecule has 0 N–H and O–H groups in total. The van der Waals surface area contributed by atoms with E-state index in [-0.39, 0.29) is 17.8 Å². The lowest BCUT2D eigenvalue weighted by Crippen LogP contribution is -2.46. The van der Waals surface area contributed by atoms with Crippen LogP contribution in [0.1, 0.15) is 23.2 Å². The van der Waals surface area contributed by atoms with E-state index in [0.29, 0.717) is 48.3 Å². The maximum Gasteiger partial charge on any atom is 0.261 e. The van der Waals surface area contributed by atoms with Crippen molar-refractivity contribution in [2.24, 2.45) is 5.92 Å². The lowest BCUT2D eigenvalue weighted by Gasteiger charge is -2.33. The number of benzene rings is 1. The van der Waals surface area contributed by atoms with E-state index >= 15 is 0 Å². The molecular weight excluding hydrogens is 365 g/mol. The van der Waals surface area contributed by atoms with Crippen molar-refractivity contribution < 1.29 is 23.2 Å². The summed E-state index contributed by atoms with van der Waals surface area (Å²) in [5.74, 6) is 0.745. The van der Waals surface area contributed by atoms with E-state index in [1.807, 2.05) is 0 Å². The van der Waals surface area contributed by atoms with Crippen molar-refractivity contribution in [3.8, 4) is 17.1 Å². The number of aromatic nitrogens is 1. The van der Waals surface area contributed by atoms with Crippen molar-refractivity contribution in [1.29, 1.82) is 0 Å². The standard InChI is InChI=1S/C20H24FN3O4/c1-23(2)19-17(20(25)24-8-9-27-16(11-24)12-4-5-12)18(28-22-19)13-6-7-14(21)15(10-13)26-3/h6-7,10,12,16H,4-5,8-9,11H2,1-3H3. The number of carbonyl (C=O) groups is 1. The highest BCUT2D eigenvalue weighted by atomic mass is 19.1. The van der Waals surface area contributed by atoms with Gasteiger partial charge in [-0.2, -0.15) is 0 Å². The molecule has 28 heavy (non-hydrogen) atoms. The average molecular weight is 389 g/mol. The minimum Gasteiger partial charge on any atom is -0.494 e. The van der Waals surface area contributed by atoms with E-state index in [1.165, 1.54) is 19.2 Å². The van der Waals surface area contributed by atoms with Gasteiger partial charge in [-0.05, 0) is 37.0 Å². The van der Waals surface area contributed by atoms with Gasteiger partial charge in [-0.3, -0.25) is 4.79 Å². The first-order valence-electron chi connectivity index (χ1n) is 9.41. The van der Waals surface area contributed by atoms with Crippen LogP contribution in [0.15, 0.2) is 22.7 Å². The minimum atomic E-state index is -0.480. The number of methoxy groups -OCH3 is 1. The lowest BCUT2D eigenvalue weighted by molar-refractivity contribution is -0.0313.